The predicted molar refractivity (Wildman–Crippen MR) is 79.4 cm³/mol. The Morgan fingerprint density at radius 2 is 2.04 bits per heavy atom. The van der Waals surface area contributed by atoms with E-state index in [9.17, 15) is 30.1 Å². The molecular formula is C12H15N3O7S. The third-order valence-corrected chi connectivity index (χ3v) is 5.21. The van der Waals surface area contributed by atoms with Crippen molar-refractivity contribution in [2.75, 3.05) is 13.7 Å². The van der Waals surface area contributed by atoms with E-state index in [2.05, 4.69) is 0 Å². The van der Waals surface area contributed by atoms with E-state index in [0.29, 0.717) is 4.91 Å². The summed E-state index contributed by atoms with van der Waals surface area (Å²) < 4.78 is 4.89. The monoisotopic (exact) mass is 345 g/mol. The molecule has 0 aromatic heterocycles. The summed E-state index contributed by atoms with van der Waals surface area (Å²) in [6.07, 6.45) is 0. The summed E-state index contributed by atoms with van der Waals surface area (Å²) in [6.45, 7) is 3.15. The minimum absolute atomic E-state index is 0.0307. The number of esters is 1. The highest BCUT2D eigenvalue weighted by molar-refractivity contribution is 8.03. The van der Waals surface area contributed by atoms with E-state index in [1.807, 2.05) is 0 Å². The van der Waals surface area contributed by atoms with Gasteiger partial charge in [0.05, 0.1) is 17.1 Å². The zero-order valence-corrected chi connectivity index (χ0v) is 13.4. The van der Waals surface area contributed by atoms with Gasteiger partial charge < -0.3 is 14.7 Å². The summed E-state index contributed by atoms with van der Waals surface area (Å²) in [7, 11) is 1.34. The largest absolute Gasteiger partial charge is 0.490 e. The highest BCUT2D eigenvalue weighted by Gasteiger charge is 2.60. The van der Waals surface area contributed by atoms with Crippen molar-refractivity contribution in [2.45, 2.75) is 25.3 Å². The van der Waals surface area contributed by atoms with Crippen LogP contribution in [0.4, 0.5) is 0 Å². The first-order valence-corrected chi connectivity index (χ1v) is 7.58. The maximum atomic E-state index is 12.2. The summed E-state index contributed by atoms with van der Waals surface area (Å²) in [5, 5.41) is 32.1. The molecule has 11 heteroatoms. The number of ether oxygens (including phenoxy) is 1. The van der Waals surface area contributed by atoms with Crippen LogP contribution in [0, 0.1) is 26.1 Å². The smallest absolute Gasteiger partial charge is 0.335 e. The van der Waals surface area contributed by atoms with Crippen LogP contribution in [0.25, 0.3) is 0 Å². The summed E-state index contributed by atoms with van der Waals surface area (Å²) in [5.74, 6) is -2.98. The number of nitro groups is 2. The molecule has 0 aromatic rings. The van der Waals surface area contributed by atoms with E-state index in [0.717, 1.165) is 16.7 Å². The average molecular weight is 345 g/mol. The van der Waals surface area contributed by atoms with Gasteiger partial charge in [-0.2, -0.15) is 0 Å². The van der Waals surface area contributed by atoms with Crippen LogP contribution >= 0.6 is 11.8 Å². The number of fused-ring (bicyclic) bond motifs is 2. The molecule has 0 spiro atoms. The first kappa shape index (κ1) is 17.1. The minimum Gasteiger partial charge on any atom is -0.490 e. The molecule has 2 bridgehead atoms. The van der Waals surface area contributed by atoms with Gasteiger partial charge in [0.25, 0.3) is 11.9 Å². The number of thioether (sulfide) groups is 1. The van der Waals surface area contributed by atoms with Gasteiger partial charge in [-0.15, -0.1) is 0 Å². The van der Waals surface area contributed by atoms with Crippen molar-refractivity contribution in [3.05, 3.63) is 42.3 Å². The van der Waals surface area contributed by atoms with Gasteiger partial charge in [-0.05, 0) is 18.8 Å². The Balaban J connectivity index is 2.70. The average Bonchev–Trinajstić information content (AvgIpc) is 2.44. The fraction of sp³-hybridized carbons (Fsp3) is 0.583. The molecule has 0 aromatic carbocycles. The number of allylic oxidation sites excluding steroid dienone is 1. The van der Waals surface area contributed by atoms with Gasteiger partial charge in [0.15, 0.2) is 11.3 Å². The number of aliphatic hydroxyl groups excluding tert-OH is 1. The Labute approximate surface area is 135 Å². The van der Waals surface area contributed by atoms with Crippen LogP contribution in [0.3, 0.4) is 0 Å². The van der Waals surface area contributed by atoms with Crippen molar-refractivity contribution in [1.29, 1.82) is 0 Å². The topological polar surface area (TPSA) is 136 Å². The van der Waals surface area contributed by atoms with E-state index >= 15 is 0 Å². The quantitative estimate of drug-likeness (QED) is 0.451. The molecule has 0 amide bonds. The van der Waals surface area contributed by atoms with Crippen molar-refractivity contribution in [2.24, 2.45) is 5.92 Å². The Morgan fingerprint density at radius 3 is 2.52 bits per heavy atom. The number of rotatable bonds is 4. The highest BCUT2D eigenvalue weighted by atomic mass is 32.2. The zero-order chi connectivity index (χ0) is 17.5. The Bertz CT molecular complexity index is 645. The summed E-state index contributed by atoms with van der Waals surface area (Å²) >= 11 is 1.01. The van der Waals surface area contributed by atoms with Gasteiger partial charge in [0, 0.05) is 12.0 Å². The first-order valence-electron chi connectivity index (χ1n) is 6.70. The van der Waals surface area contributed by atoms with E-state index in [4.69, 9.17) is 4.74 Å². The standard InChI is InChI=1S/C12H15N3O7S/c1-4-22-12(17)6-5(2)23-11-9(15(20)21)7(6)8(14(18)19)10(16)13(11)3/h7,9,11,16H,4H2,1-3H3/t7-,9-,11+/m1/s1. The SMILES string of the molecule is CCOC(=O)C1=C(C)S[C@H]2[C@H]([N+](=O)[O-])[C@H]1C([N+](=O)[O-])=C(O)N2C. The van der Waals surface area contributed by atoms with Crippen LogP contribution < -0.4 is 0 Å². The van der Waals surface area contributed by atoms with Crippen LogP contribution in [0.15, 0.2) is 22.1 Å². The molecule has 0 saturated heterocycles. The molecule has 1 N–H and O–H groups in total. The van der Waals surface area contributed by atoms with Crippen LogP contribution in [-0.4, -0.2) is 50.9 Å². The lowest BCUT2D eigenvalue weighted by molar-refractivity contribution is -0.545. The second-order valence-corrected chi connectivity index (χ2v) is 6.36. The minimum atomic E-state index is -1.46. The van der Waals surface area contributed by atoms with Crippen LogP contribution in [0.1, 0.15) is 13.8 Å². The molecule has 0 radical (unpaired) electrons. The third-order valence-electron chi connectivity index (χ3n) is 3.80. The van der Waals surface area contributed by atoms with Crippen LogP contribution in [0.2, 0.25) is 0 Å². The second kappa shape index (κ2) is 6.07. The van der Waals surface area contributed by atoms with E-state index < -0.39 is 44.7 Å². The van der Waals surface area contributed by atoms with E-state index in [-0.39, 0.29) is 12.2 Å². The maximum absolute atomic E-state index is 12.2. The van der Waals surface area contributed by atoms with Gasteiger partial charge in [0.1, 0.15) is 0 Å². The molecule has 2 heterocycles. The van der Waals surface area contributed by atoms with Gasteiger partial charge in [-0.1, -0.05) is 11.8 Å². The summed E-state index contributed by atoms with van der Waals surface area (Å²) in [4.78, 5) is 35.0. The first-order chi connectivity index (χ1) is 10.7. The van der Waals surface area contributed by atoms with E-state index in [1.54, 1.807) is 13.8 Å². The number of carbonyl (C=O) groups excluding carboxylic acids is 1. The molecule has 10 nitrogen and oxygen atoms in total. The Kier molecular flexibility index (Phi) is 4.50. The molecule has 3 atom stereocenters. The number of carbonyl (C=O) groups is 1. The number of likely N-dealkylation sites (N-methyl/N-ethyl adjacent to an activating group) is 1. The van der Waals surface area contributed by atoms with Crippen molar-refractivity contribution in [1.82, 2.24) is 4.90 Å². The third kappa shape index (κ3) is 2.60. The van der Waals surface area contributed by atoms with Crippen molar-refractivity contribution in [3.8, 4) is 0 Å². The van der Waals surface area contributed by atoms with Crippen LogP contribution in [-0.2, 0) is 9.53 Å². The summed E-state index contributed by atoms with van der Waals surface area (Å²) in [6, 6.07) is -1.44. The lowest BCUT2D eigenvalue weighted by atomic mass is 9.84. The van der Waals surface area contributed by atoms with E-state index in [1.165, 1.54) is 7.05 Å². The molecule has 126 valence electrons. The Morgan fingerprint density at radius 1 is 1.43 bits per heavy atom. The molecular weight excluding hydrogens is 330 g/mol. The van der Waals surface area contributed by atoms with Crippen molar-refractivity contribution >= 4 is 17.7 Å². The molecule has 0 aliphatic carbocycles. The normalized spacial score (nSPS) is 27.1. The van der Waals surface area contributed by atoms with Crippen LogP contribution in [0.5, 0.6) is 0 Å². The van der Waals surface area contributed by atoms with Crippen molar-refractivity contribution < 1.29 is 24.5 Å². The number of hydrogen-bond donors (Lipinski definition) is 1. The highest BCUT2D eigenvalue weighted by Crippen LogP contribution is 2.49. The molecule has 2 rings (SSSR count). The number of nitrogens with zero attached hydrogens (tertiary/aromatic N) is 3. The molecule has 2 aliphatic rings. The second-order valence-electron chi connectivity index (χ2n) is 5.03. The summed E-state index contributed by atoms with van der Waals surface area (Å²) in [5.41, 5.74) is -0.894. The van der Waals surface area contributed by atoms with Gasteiger partial charge in [0.2, 0.25) is 0 Å². The van der Waals surface area contributed by atoms with Crippen molar-refractivity contribution in [3.63, 3.8) is 0 Å². The molecule has 0 unspecified atom stereocenters. The predicted octanol–water partition coefficient (Wildman–Crippen LogP) is 1.11. The lowest BCUT2D eigenvalue weighted by Gasteiger charge is -2.40. The molecule has 0 saturated carbocycles. The fourth-order valence-corrected chi connectivity index (χ4v) is 4.17. The molecule has 0 fully saturated rings. The maximum Gasteiger partial charge on any atom is 0.335 e. The lowest BCUT2D eigenvalue weighted by Crippen LogP contribution is -2.56. The molecule has 23 heavy (non-hydrogen) atoms. The molecule has 2 aliphatic heterocycles. The Hall–Kier alpha value is -2.30. The number of aliphatic hydroxyl groups is 1. The number of hydrogen-bond acceptors (Lipinski definition) is 9. The van der Waals surface area contributed by atoms with Gasteiger partial charge in [-0.25, -0.2) is 4.79 Å². The zero-order valence-electron chi connectivity index (χ0n) is 12.6. The fourth-order valence-electron chi connectivity index (χ4n) is 2.82. The van der Waals surface area contributed by atoms with Gasteiger partial charge >= 0.3 is 11.7 Å². The van der Waals surface area contributed by atoms with Gasteiger partial charge in [-0.3, -0.25) is 20.2 Å².